The van der Waals surface area contributed by atoms with E-state index in [0.29, 0.717) is 5.75 Å². The number of carbonyl (C=O) groups excluding carboxylic acids is 1. The van der Waals surface area contributed by atoms with E-state index in [1.807, 2.05) is 18.3 Å². The summed E-state index contributed by atoms with van der Waals surface area (Å²) in [4.78, 5) is 28.0. The van der Waals surface area contributed by atoms with Crippen molar-refractivity contribution in [2.45, 2.75) is 46.0 Å². The number of H-pyrrole nitrogens is 1. The molecular formula is C20H28N2O4. The van der Waals surface area contributed by atoms with Gasteiger partial charge in [-0.25, -0.2) is 0 Å². The van der Waals surface area contributed by atoms with Crippen LogP contribution in [0.3, 0.4) is 0 Å². The fraction of sp³-hybridized carbons (Fsp3) is 0.500. The van der Waals surface area contributed by atoms with Gasteiger partial charge in [0.15, 0.2) is 0 Å². The van der Waals surface area contributed by atoms with Crippen LogP contribution in [-0.2, 0) is 16.0 Å². The van der Waals surface area contributed by atoms with Gasteiger partial charge in [0, 0.05) is 23.6 Å². The van der Waals surface area contributed by atoms with Crippen LogP contribution >= 0.6 is 0 Å². The quantitative estimate of drug-likeness (QED) is 0.472. The second-order valence-corrected chi connectivity index (χ2v) is 6.48. The summed E-state index contributed by atoms with van der Waals surface area (Å²) in [5.41, 5.74) is 2.20. The van der Waals surface area contributed by atoms with Crippen molar-refractivity contribution in [3.8, 4) is 5.75 Å². The van der Waals surface area contributed by atoms with Gasteiger partial charge in [0.25, 0.3) is 0 Å². The van der Waals surface area contributed by atoms with E-state index in [2.05, 4.69) is 23.7 Å². The molecule has 0 aliphatic heterocycles. The number of nitrogens with zero attached hydrogens (tertiary/aromatic N) is 1. The van der Waals surface area contributed by atoms with Crippen molar-refractivity contribution >= 4 is 22.8 Å². The third-order valence-corrected chi connectivity index (χ3v) is 4.29. The second kappa shape index (κ2) is 9.97. The van der Waals surface area contributed by atoms with Gasteiger partial charge in [0.05, 0.1) is 12.8 Å². The Morgan fingerprint density at radius 2 is 1.85 bits per heavy atom. The molecule has 2 rings (SSSR count). The Balaban J connectivity index is 2.04. The van der Waals surface area contributed by atoms with E-state index < -0.39 is 11.9 Å². The monoisotopic (exact) mass is 360 g/mol. The van der Waals surface area contributed by atoms with Gasteiger partial charge in [-0.05, 0) is 56.1 Å². The lowest BCUT2D eigenvalue weighted by molar-refractivity contribution is -0.142. The van der Waals surface area contributed by atoms with Gasteiger partial charge in [0.1, 0.15) is 5.75 Å². The lowest BCUT2D eigenvalue weighted by Gasteiger charge is -2.20. The number of carboxylic acids is 1. The van der Waals surface area contributed by atoms with E-state index in [9.17, 15) is 9.59 Å². The Labute approximate surface area is 154 Å². The summed E-state index contributed by atoms with van der Waals surface area (Å²) in [6.45, 7) is 7.58. The first-order chi connectivity index (χ1) is 12.5. The number of benzene rings is 1. The van der Waals surface area contributed by atoms with Gasteiger partial charge in [-0.3, -0.25) is 9.59 Å². The number of esters is 1. The highest BCUT2D eigenvalue weighted by atomic mass is 16.5. The first-order valence-electron chi connectivity index (χ1n) is 9.28. The molecule has 1 aromatic heterocycles. The number of fused-ring (bicyclic) bond motifs is 1. The highest BCUT2D eigenvalue weighted by Crippen LogP contribution is 2.24. The van der Waals surface area contributed by atoms with Gasteiger partial charge < -0.3 is 19.7 Å². The molecule has 2 aromatic rings. The average Bonchev–Trinajstić information content (AvgIpc) is 3.00. The summed E-state index contributed by atoms with van der Waals surface area (Å²) in [5, 5.41) is 9.69. The average molecular weight is 360 g/mol. The number of aromatic amines is 1. The zero-order valence-electron chi connectivity index (χ0n) is 15.6. The molecule has 0 amide bonds. The molecule has 0 radical (unpaired) electrons. The predicted molar refractivity (Wildman–Crippen MR) is 102 cm³/mol. The number of nitrogens with one attached hydrogen (secondary N) is 1. The van der Waals surface area contributed by atoms with Gasteiger partial charge >= 0.3 is 11.9 Å². The number of hydrogen-bond donors (Lipinski definition) is 2. The molecule has 2 N–H and O–H groups in total. The Morgan fingerprint density at radius 1 is 1.12 bits per heavy atom. The normalized spacial score (nSPS) is 11.2. The number of aromatic nitrogens is 1. The van der Waals surface area contributed by atoms with Crippen molar-refractivity contribution in [1.82, 2.24) is 9.88 Å². The Hall–Kier alpha value is -2.34. The summed E-state index contributed by atoms with van der Waals surface area (Å²) in [6, 6.07) is 5.46. The first-order valence-corrected chi connectivity index (χ1v) is 9.28. The van der Waals surface area contributed by atoms with Gasteiger partial charge in [-0.1, -0.05) is 13.8 Å². The van der Waals surface area contributed by atoms with E-state index in [1.165, 1.54) is 5.56 Å². The van der Waals surface area contributed by atoms with E-state index >= 15 is 0 Å². The molecule has 6 nitrogen and oxygen atoms in total. The zero-order chi connectivity index (χ0) is 18.9. The van der Waals surface area contributed by atoms with E-state index in [-0.39, 0.29) is 12.8 Å². The number of hydrogen-bond acceptors (Lipinski definition) is 4. The largest absolute Gasteiger partial charge is 0.481 e. The van der Waals surface area contributed by atoms with Crippen LogP contribution in [0.2, 0.25) is 0 Å². The molecule has 0 bridgehead atoms. The molecule has 6 heteroatoms. The van der Waals surface area contributed by atoms with Crippen LogP contribution in [0, 0.1) is 0 Å². The first kappa shape index (κ1) is 20.0. The molecule has 0 atom stereocenters. The molecular weight excluding hydrogens is 332 g/mol. The third-order valence-electron chi connectivity index (χ3n) is 4.29. The summed E-state index contributed by atoms with van der Waals surface area (Å²) in [7, 11) is 0. The maximum absolute atomic E-state index is 11.7. The van der Waals surface area contributed by atoms with Gasteiger partial charge in [-0.2, -0.15) is 0 Å². The minimum absolute atomic E-state index is 0.129. The van der Waals surface area contributed by atoms with E-state index in [1.54, 1.807) is 6.07 Å². The molecule has 0 fully saturated rings. The lowest BCUT2D eigenvalue weighted by Crippen LogP contribution is -2.27. The summed E-state index contributed by atoms with van der Waals surface area (Å²) in [6.07, 6.45) is 4.87. The number of carboxylic acid groups (broad SMARTS) is 1. The second-order valence-electron chi connectivity index (χ2n) is 6.48. The number of rotatable bonds is 11. The third kappa shape index (κ3) is 5.88. The van der Waals surface area contributed by atoms with Crippen LogP contribution in [-0.4, -0.2) is 46.6 Å². The minimum Gasteiger partial charge on any atom is -0.481 e. The van der Waals surface area contributed by atoms with Crippen molar-refractivity contribution < 1.29 is 19.4 Å². The van der Waals surface area contributed by atoms with Crippen LogP contribution in [0.5, 0.6) is 5.75 Å². The minimum atomic E-state index is -1.01. The molecule has 0 saturated heterocycles. The Morgan fingerprint density at radius 3 is 2.50 bits per heavy atom. The summed E-state index contributed by atoms with van der Waals surface area (Å²) in [5.74, 6) is -1.08. The van der Waals surface area contributed by atoms with Crippen LogP contribution in [0.1, 0.15) is 45.1 Å². The molecule has 0 unspecified atom stereocenters. The SMILES string of the molecule is CCCN(CCC)CCc1c[nH]c2ccc(OC(=O)CCC(=O)O)cc12. The number of aliphatic carboxylic acids is 1. The smallest absolute Gasteiger partial charge is 0.311 e. The van der Waals surface area contributed by atoms with E-state index in [4.69, 9.17) is 9.84 Å². The van der Waals surface area contributed by atoms with Crippen LogP contribution in [0.25, 0.3) is 10.9 Å². The molecule has 26 heavy (non-hydrogen) atoms. The number of ether oxygens (including phenoxy) is 1. The molecule has 1 heterocycles. The van der Waals surface area contributed by atoms with Crippen LogP contribution < -0.4 is 4.74 Å². The van der Waals surface area contributed by atoms with E-state index in [0.717, 1.165) is 49.8 Å². The molecule has 0 saturated carbocycles. The molecule has 0 spiro atoms. The van der Waals surface area contributed by atoms with Crippen molar-refractivity contribution in [3.05, 3.63) is 30.0 Å². The predicted octanol–water partition coefficient (Wildman–Crippen LogP) is 3.60. The molecule has 1 aromatic carbocycles. The van der Waals surface area contributed by atoms with Crippen molar-refractivity contribution in [2.24, 2.45) is 0 Å². The van der Waals surface area contributed by atoms with Crippen LogP contribution in [0.4, 0.5) is 0 Å². The molecule has 0 aliphatic rings. The Kier molecular flexibility index (Phi) is 7.66. The summed E-state index contributed by atoms with van der Waals surface area (Å²) < 4.78 is 5.27. The number of carbonyl (C=O) groups is 2. The molecule has 142 valence electrons. The van der Waals surface area contributed by atoms with Crippen molar-refractivity contribution in [1.29, 1.82) is 0 Å². The van der Waals surface area contributed by atoms with Crippen molar-refractivity contribution in [3.63, 3.8) is 0 Å². The Bertz CT molecular complexity index is 732. The highest BCUT2D eigenvalue weighted by Gasteiger charge is 2.11. The van der Waals surface area contributed by atoms with Gasteiger partial charge in [-0.15, -0.1) is 0 Å². The zero-order valence-corrected chi connectivity index (χ0v) is 15.6. The van der Waals surface area contributed by atoms with Crippen molar-refractivity contribution in [2.75, 3.05) is 19.6 Å². The topological polar surface area (TPSA) is 82.6 Å². The standard InChI is InChI=1S/C20H28N2O4/c1-3-10-22(11-4-2)12-9-15-14-21-18-6-5-16(13-17(15)18)26-20(25)8-7-19(23)24/h5-6,13-14,21H,3-4,7-12H2,1-2H3,(H,23,24). The fourth-order valence-corrected chi connectivity index (χ4v) is 3.07. The lowest BCUT2D eigenvalue weighted by atomic mass is 10.1. The maximum atomic E-state index is 11.7. The van der Waals surface area contributed by atoms with Crippen LogP contribution in [0.15, 0.2) is 24.4 Å². The van der Waals surface area contributed by atoms with Gasteiger partial charge in [0.2, 0.25) is 0 Å². The summed E-state index contributed by atoms with van der Waals surface area (Å²) >= 11 is 0. The molecule has 0 aliphatic carbocycles. The fourth-order valence-electron chi connectivity index (χ4n) is 3.07. The maximum Gasteiger partial charge on any atom is 0.311 e. The highest BCUT2D eigenvalue weighted by molar-refractivity contribution is 5.86.